The number of nitro groups is 1. The molecule has 1 aromatic carbocycles. The number of anilines is 1. The van der Waals surface area contributed by atoms with Crippen molar-refractivity contribution in [2.24, 2.45) is 0 Å². The van der Waals surface area contributed by atoms with Crippen molar-refractivity contribution >= 4 is 33.1 Å². The number of methoxy groups -OCH3 is 1. The first-order valence-corrected chi connectivity index (χ1v) is 10.3. The van der Waals surface area contributed by atoms with Gasteiger partial charge in [-0.05, 0) is 30.7 Å². The molecule has 0 unspecified atom stereocenters. The van der Waals surface area contributed by atoms with Crippen molar-refractivity contribution < 1.29 is 18.1 Å². The van der Waals surface area contributed by atoms with E-state index < -0.39 is 14.9 Å². The van der Waals surface area contributed by atoms with E-state index in [9.17, 15) is 18.5 Å². The molecule has 0 spiro atoms. The third-order valence-electron chi connectivity index (χ3n) is 4.53. The number of pyridine rings is 1. The molecule has 0 bridgehead atoms. The Morgan fingerprint density at radius 2 is 1.89 bits per heavy atom. The third kappa shape index (κ3) is 3.89. The van der Waals surface area contributed by atoms with E-state index in [1.54, 1.807) is 13.0 Å². The number of nitrogens with zero attached hydrogens (tertiary/aromatic N) is 4. The van der Waals surface area contributed by atoms with Crippen LogP contribution in [0.2, 0.25) is 5.02 Å². The lowest BCUT2D eigenvalue weighted by Gasteiger charge is -2.35. The molecule has 11 heteroatoms. The number of aryl methyl sites for hydroxylation is 1. The first-order valence-electron chi connectivity index (χ1n) is 8.43. The monoisotopic (exact) mass is 426 g/mol. The van der Waals surface area contributed by atoms with E-state index >= 15 is 0 Å². The molecule has 0 radical (unpaired) electrons. The molecule has 1 aliphatic heterocycles. The van der Waals surface area contributed by atoms with Crippen molar-refractivity contribution in [3.8, 4) is 5.75 Å². The van der Waals surface area contributed by atoms with Crippen molar-refractivity contribution in [1.29, 1.82) is 0 Å². The van der Waals surface area contributed by atoms with Crippen LogP contribution in [0.4, 0.5) is 11.5 Å². The van der Waals surface area contributed by atoms with Gasteiger partial charge in [-0.15, -0.1) is 0 Å². The number of hydrogen-bond acceptors (Lipinski definition) is 7. The van der Waals surface area contributed by atoms with Gasteiger partial charge in [-0.25, -0.2) is 13.4 Å². The number of rotatable bonds is 5. The van der Waals surface area contributed by atoms with Crippen LogP contribution in [0.5, 0.6) is 5.75 Å². The smallest absolute Gasteiger partial charge is 0.287 e. The molecule has 0 atom stereocenters. The molecule has 0 saturated carbocycles. The zero-order valence-corrected chi connectivity index (χ0v) is 16.9. The highest BCUT2D eigenvalue weighted by Crippen LogP contribution is 2.31. The lowest BCUT2D eigenvalue weighted by atomic mass is 10.2. The molecule has 0 aliphatic carbocycles. The summed E-state index contributed by atoms with van der Waals surface area (Å²) >= 11 is 5.97. The van der Waals surface area contributed by atoms with E-state index in [0.717, 1.165) is 0 Å². The Kier molecular flexibility index (Phi) is 5.73. The first kappa shape index (κ1) is 20.3. The Balaban J connectivity index is 1.78. The molecule has 1 aromatic heterocycles. The van der Waals surface area contributed by atoms with Gasteiger partial charge in [0.1, 0.15) is 22.7 Å². The largest absolute Gasteiger partial charge is 0.495 e. The second-order valence-electron chi connectivity index (χ2n) is 6.28. The lowest BCUT2D eigenvalue weighted by molar-refractivity contribution is -0.385. The Bertz CT molecular complexity index is 1010. The van der Waals surface area contributed by atoms with Gasteiger partial charge < -0.3 is 9.64 Å². The Labute approximate surface area is 167 Å². The highest BCUT2D eigenvalue weighted by atomic mass is 35.5. The maximum Gasteiger partial charge on any atom is 0.287 e. The SMILES string of the molecule is COc1ccc(Cl)cc1S(=O)(=O)N1CCN(c2ncc([N+](=O)[O-])cc2C)CC1. The number of piperazine rings is 1. The van der Waals surface area contributed by atoms with Gasteiger partial charge in [0.05, 0.1) is 12.0 Å². The predicted octanol–water partition coefficient (Wildman–Crippen LogP) is 2.47. The second-order valence-corrected chi connectivity index (χ2v) is 8.62. The van der Waals surface area contributed by atoms with Crippen molar-refractivity contribution in [3.63, 3.8) is 0 Å². The fourth-order valence-electron chi connectivity index (χ4n) is 3.12. The van der Waals surface area contributed by atoms with Crippen LogP contribution >= 0.6 is 11.6 Å². The molecule has 1 saturated heterocycles. The maximum absolute atomic E-state index is 13.0. The molecular formula is C17H19ClN4O5S. The first-order chi connectivity index (χ1) is 13.2. The van der Waals surface area contributed by atoms with Gasteiger partial charge >= 0.3 is 0 Å². The average Bonchev–Trinajstić information content (AvgIpc) is 2.68. The van der Waals surface area contributed by atoms with Crippen molar-refractivity contribution in [2.75, 3.05) is 38.2 Å². The van der Waals surface area contributed by atoms with E-state index in [2.05, 4.69) is 4.98 Å². The molecule has 9 nitrogen and oxygen atoms in total. The molecule has 0 N–H and O–H groups in total. The van der Waals surface area contributed by atoms with Gasteiger partial charge in [0.2, 0.25) is 10.0 Å². The van der Waals surface area contributed by atoms with E-state index in [4.69, 9.17) is 16.3 Å². The Morgan fingerprint density at radius 3 is 2.46 bits per heavy atom. The standard InChI is InChI=1S/C17H19ClN4O5S/c1-12-9-14(22(23)24)11-19-17(12)20-5-7-21(8-6-20)28(25,26)16-10-13(18)3-4-15(16)27-2/h3-4,9-11H,5-8H2,1-2H3. The van der Waals surface area contributed by atoms with E-state index in [1.807, 2.05) is 4.90 Å². The number of halogens is 1. The van der Waals surface area contributed by atoms with Gasteiger partial charge in [0, 0.05) is 37.3 Å². The zero-order chi connectivity index (χ0) is 20.5. The highest BCUT2D eigenvalue weighted by Gasteiger charge is 2.32. The molecule has 2 heterocycles. The molecule has 0 amide bonds. The summed E-state index contributed by atoms with van der Waals surface area (Å²) in [4.78, 5) is 16.5. The minimum Gasteiger partial charge on any atom is -0.495 e. The number of aromatic nitrogens is 1. The maximum atomic E-state index is 13.0. The van der Waals surface area contributed by atoms with E-state index in [0.29, 0.717) is 29.5 Å². The van der Waals surface area contributed by atoms with Crippen molar-refractivity contribution in [3.05, 3.63) is 51.2 Å². The highest BCUT2D eigenvalue weighted by molar-refractivity contribution is 7.89. The summed E-state index contributed by atoms with van der Waals surface area (Å²) in [7, 11) is -2.37. The molecule has 28 heavy (non-hydrogen) atoms. The zero-order valence-electron chi connectivity index (χ0n) is 15.3. The summed E-state index contributed by atoms with van der Waals surface area (Å²) in [5.74, 6) is 0.850. The lowest BCUT2D eigenvalue weighted by Crippen LogP contribution is -2.49. The Hall–Kier alpha value is -2.43. The summed E-state index contributed by atoms with van der Waals surface area (Å²) in [5.41, 5.74) is 0.595. The van der Waals surface area contributed by atoms with Crippen LogP contribution in [-0.2, 0) is 10.0 Å². The van der Waals surface area contributed by atoms with Gasteiger partial charge in [-0.1, -0.05) is 11.6 Å². The van der Waals surface area contributed by atoms with Crippen LogP contribution in [0.3, 0.4) is 0 Å². The van der Waals surface area contributed by atoms with Crippen LogP contribution < -0.4 is 9.64 Å². The molecule has 1 fully saturated rings. The minimum absolute atomic E-state index is 0.0283. The van der Waals surface area contributed by atoms with Crippen LogP contribution in [-0.4, -0.2) is 55.9 Å². The fraction of sp³-hybridized carbons (Fsp3) is 0.353. The minimum atomic E-state index is -3.77. The molecule has 150 valence electrons. The third-order valence-corrected chi connectivity index (χ3v) is 6.68. The van der Waals surface area contributed by atoms with Crippen LogP contribution in [0.1, 0.15) is 5.56 Å². The van der Waals surface area contributed by atoms with Crippen LogP contribution in [0.25, 0.3) is 0 Å². The van der Waals surface area contributed by atoms with Crippen molar-refractivity contribution in [2.45, 2.75) is 11.8 Å². The quantitative estimate of drug-likeness (QED) is 0.534. The van der Waals surface area contributed by atoms with Crippen molar-refractivity contribution in [1.82, 2.24) is 9.29 Å². The summed E-state index contributed by atoms with van der Waals surface area (Å²) in [6.07, 6.45) is 1.21. The number of sulfonamides is 1. The second kappa shape index (κ2) is 7.90. The topological polar surface area (TPSA) is 106 Å². The summed E-state index contributed by atoms with van der Waals surface area (Å²) in [6, 6.07) is 5.93. The van der Waals surface area contributed by atoms with E-state index in [1.165, 1.54) is 35.8 Å². The van der Waals surface area contributed by atoms with Gasteiger partial charge in [0.25, 0.3) is 5.69 Å². The number of benzene rings is 1. The fourth-order valence-corrected chi connectivity index (χ4v) is 4.96. The molecular weight excluding hydrogens is 408 g/mol. The van der Waals surface area contributed by atoms with Crippen LogP contribution in [0, 0.1) is 17.0 Å². The van der Waals surface area contributed by atoms with Gasteiger partial charge in [0.15, 0.2) is 0 Å². The summed E-state index contributed by atoms with van der Waals surface area (Å²) < 4.78 is 32.6. The van der Waals surface area contributed by atoms with Gasteiger partial charge in [-0.3, -0.25) is 10.1 Å². The number of hydrogen-bond donors (Lipinski definition) is 0. The summed E-state index contributed by atoms with van der Waals surface area (Å²) in [5, 5.41) is 11.2. The molecule has 1 aliphatic rings. The molecule has 3 rings (SSSR count). The normalized spacial score (nSPS) is 15.5. The molecule has 2 aromatic rings. The van der Waals surface area contributed by atoms with Crippen LogP contribution in [0.15, 0.2) is 35.4 Å². The number of ether oxygens (including phenoxy) is 1. The van der Waals surface area contributed by atoms with Gasteiger partial charge in [-0.2, -0.15) is 4.31 Å². The van der Waals surface area contributed by atoms with E-state index in [-0.39, 0.29) is 29.4 Å². The average molecular weight is 427 g/mol. The summed E-state index contributed by atoms with van der Waals surface area (Å²) in [6.45, 7) is 3.06. The Morgan fingerprint density at radius 1 is 1.21 bits per heavy atom. The predicted molar refractivity (Wildman–Crippen MR) is 105 cm³/mol.